The van der Waals surface area contributed by atoms with Crippen molar-refractivity contribution in [2.75, 3.05) is 0 Å². The van der Waals surface area contributed by atoms with Crippen LogP contribution in [0.15, 0.2) is 107 Å². The second kappa shape index (κ2) is 17.9. The molecular weight excluding hydrogens is 745 g/mol. The van der Waals surface area contributed by atoms with Crippen LogP contribution < -0.4 is 0 Å². The van der Waals surface area contributed by atoms with Crippen LogP contribution in [-0.4, -0.2) is 40.6 Å². The number of aromatic nitrogens is 4. The summed E-state index contributed by atoms with van der Waals surface area (Å²) >= 11 is 11.8. The summed E-state index contributed by atoms with van der Waals surface area (Å²) < 4.78 is 75.1. The maximum Gasteiger partial charge on any atom is 0.416 e. The smallest absolute Gasteiger partial charge is 0.258 e. The average Bonchev–Trinajstić information content (AvgIpc) is 3.10. The Kier molecular flexibility index (Phi) is 14.5. The number of alkyl halides is 6. The zero-order valence-corrected chi connectivity index (χ0v) is 26.0. The molecule has 12 nitrogen and oxygen atoms in total. The lowest BCUT2D eigenvalue weighted by molar-refractivity contribution is -0.385. The minimum atomic E-state index is -4.45. The van der Waals surface area contributed by atoms with Crippen LogP contribution >= 0.6 is 23.2 Å². The SMILES string of the molecule is C.C.O=[N+]([O-])c1cccc(-c2nnc(-c3ccc(C(F)(F)F)cc3)nn2)c1.O=[N+]([O-])c1cccc(/C(Cl)=N/N=C(\Cl)c2ccc(C(F)(F)F)cc2)c1. The Bertz CT molecular complexity index is 2060. The maximum atomic E-state index is 12.5. The highest BCUT2D eigenvalue weighted by Crippen LogP contribution is 2.31. The van der Waals surface area contributed by atoms with Gasteiger partial charge in [-0.05, 0) is 24.3 Å². The second-order valence-electron chi connectivity index (χ2n) is 9.59. The molecule has 0 aliphatic heterocycles. The minimum absolute atomic E-state index is 0. The number of rotatable bonds is 7. The molecule has 4 aromatic carbocycles. The van der Waals surface area contributed by atoms with Gasteiger partial charge in [-0.1, -0.05) is 86.6 Å². The predicted octanol–water partition coefficient (Wildman–Crippen LogP) is 10.00. The van der Waals surface area contributed by atoms with Crippen molar-refractivity contribution in [1.82, 2.24) is 20.4 Å². The van der Waals surface area contributed by atoms with Crippen LogP contribution in [-0.2, 0) is 12.4 Å². The van der Waals surface area contributed by atoms with Gasteiger partial charge in [-0.25, -0.2) is 0 Å². The molecule has 0 fully saturated rings. The van der Waals surface area contributed by atoms with Gasteiger partial charge in [-0.15, -0.1) is 30.6 Å². The van der Waals surface area contributed by atoms with E-state index < -0.39 is 33.3 Å². The van der Waals surface area contributed by atoms with Crippen molar-refractivity contribution in [2.24, 2.45) is 10.2 Å². The number of halogens is 8. The van der Waals surface area contributed by atoms with Gasteiger partial charge in [-0.3, -0.25) is 20.2 Å². The number of hydrogen-bond donors (Lipinski definition) is 0. The first-order chi connectivity index (χ1) is 23.5. The van der Waals surface area contributed by atoms with Gasteiger partial charge in [0.1, 0.15) is 0 Å². The fourth-order valence-electron chi connectivity index (χ4n) is 3.78. The van der Waals surface area contributed by atoms with Crippen molar-refractivity contribution in [2.45, 2.75) is 27.2 Å². The topological polar surface area (TPSA) is 163 Å². The molecule has 0 amide bonds. The van der Waals surface area contributed by atoms with Crippen LogP contribution in [0, 0.1) is 20.2 Å². The molecule has 1 heterocycles. The summed E-state index contributed by atoms with van der Waals surface area (Å²) in [5.41, 5.74) is -0.786. The minimum Gasteiger partial charge on any atom is -0.258 e. The fourth-order valence-corrected chi connectivity index (χ4v) is 4.09. The third kappa shape index (κ3) is 11.3. The standard InChI is InChI=1S/C15H8Cl2F3N3O2.C15H8F3N5O2.2CH4/c16-13(9-4-6-11(7-5-9)15(18,19)20)21-22-14(17)10-2-1-3-12(8-10)23(24)25;16-15(17,18)11-6-4-9(5-7-11)13-19-21-14(22-20-13)10-2-1-3-12(8-10)23(24)25;;/h2*1-8H;2*1H4/b21-13-,22-14-;;;. The number of nitro groups is 2. The average molecular weight is 769 g/mol. The molecule has 0 unspecified atom stereocenters. The van der Waals surface area contributed by atoms with Gasteiger partial charge in [-0.2, -0.15) is 26.3 Å². The van der Waals surface area contributed by atoms with Gasteiger partial charge in [0.15, 0.2) is 10.3 Å². The van der Waals surface area contributed by atoms with Crippen molar-refractivity contribution in [1.29, 1.82) is 0 Å². The first kappa shape index (κ1) is 42.3. The Hall–Kier alpha value is -5.88. The van der Waals surface area contributed by atoms with E-state index in [1.165, 1.54) is 54.6 Å². The Morgan fingerprint density at radius 1 is 0.558 bits per heavy atom. The van der Waals surface area contributed by atoms with Crippen molar-refractivity contribution in [3.63, 3.8) is 0 Å². The number of non-ortho nitro benzene ring substituents is 2. The zero-order chi connectivity index (χ0) is 36.6. The van der Waals surface area contributed by atoms with E-state index in [9.17, 15) is 46.6 Å². The molecule has 272 valence electrons. The quantitative estimate of drug-likeness (QED) is 0.0684. The monoisotopic (exact) mass is 768 g/mol. The van der Waals surface area contributed by atoms with Crippen LogP contribution in [0.25, 0.3) is 22.8 Å². The van der Waals surface area contributed by atoms with Crippen molar-refractivity contribution < 1.29 is 36.2 Å². The van der Waals surface area contributed by atoms with E-state index in [2.05, 4.69) is 30.6 Å². The second-order valence-corrected chi connectivity index (χ2v) is 10.3. The summed E-state index contributed by atoms with van der Waals surface area (Å²) in [6.07, 6.45) is -8.88. The molecule has 0 bridgehead atoms. The fraction of sp³-hybridized carbons (Fsp3) is 0.125. The molecule has 0 saturated carbocycles. The van der Waals surface area contributed by atoms with E-state index >= 15 is 0 Å². The molecule has 20 heteroatoms. The molecular formula is C32H24Cl2F6N8O4. The Morgan fingerprint density at radius 3 is 1.42 bits per heavy atom. The van der Waals surface area contributed by atoms with Crippen molar-refractivity contribution in [3.8, 4) is 22.8 Å². The molecule has 0 aliphatic rings. The van der Waals surface area contributed by atoms with Crippen LogP contribution in [0.4, 0.5) is 37.7 Å². The molecule has 5 aromatic rings. The first-order valence-corrected chi connectivity index (χ1v) is 14.2. The van der Waals surface area contributed by atoms with Crippen molar-refractivity contribution >= 4 is 44.9 Å². The van der Waals surface area contributed by atoms with Gasteiger partial charge >= 0.3 is 12.4 Å². The number of nitrogens with zero attached hydrogens (tertiary/aromatic N) is 8. The van der Waals surface area contributed by atoms with E-state index in [1.807, 2.05) is 0 Å². The maximum absolute atomic E-state index is 12.5. The molecule has 0 aliphatic carbocycles. The van der Waals surface area contributed by atoms with E-state index in [0.717, 1.165) is 36.4 Å². The lowest BCUT2D eigenvalue weighted by Gasteiger charge is -2.06. The van der Waals surface area contributed by atoms with Crippen LogP contribution in [0.1, 0.15) is 37.1 Å². The lowest BCUT2D eigenvalue weighted by Crippen LogP contribution is -2.05. The number of hydrogen-bond acceptors (Lipinski definition) is 10. The summed E-state index contributed by atoms with van der Waals surface area (Å²) in [6, 6.07) is 19.3. The predicted molar refractivity (Wildman–Crippen MR) is 183 cm³/mol. The summed E-state index contributed by atoms with van der Waals surface area (Å²) in [5, 5.41) is 43.7. The van der Waals surface area contributed by atoms with Crippen molar-refractivity contribution in [3.05, 3.63) is 140 Å². The van der Waals surface area contributed by atoms with E-state index in [0.29, 0.717) is 11.1 Å². The highest BCUT2D eigenvalue weighted by Gasteiger charge is 2.31. The molecule has 52 heavy (non-hydrogen) atoms. The van der Waals surface area contributed by atoms with E-state index in [4.69, 9.17) is 23.2 Å². The normalized spacial score (nSPS) is 11.7. The highest BCUT2D eigenvalue weighted by atomic mass is 35.5. The molecule has 0 atom stereocenters. The third-order valence-electron chi connectivity index (χ3n) is 6.24. The Balaban J connectivity index is 0.000000347. The summed E-state index contributed by atoms with van der Waals surface area (Å²) in [6.45, 7) is 0. The molecule has 1 aromatic heterocycles. The molecule has 5 rings (SSSR count). The van der Waals surface area contributed by atoms with Gasteiger partial charge in [0.2, 0.25) is 11.6 Å². The summed E-state index contributed by atoms with van der Waals surface area (Å²) in [7, 11) is 0. The highest BCUT2D eigenvalue weighted by molar-refractivity contribution is 6.71. The van der Waals surface area contributed by atoms with Crippen LogP contribution in [0.5, 0.6) is 0 Å². The van der Waals surface area contributed by atoms with E-state index in [1.54, 1.807) is 6.07 Å². The first-order valence-electron chi connectivity index (χ1n) is 13.4. The van der Waals surface area contributed by atoms with Gasteiger partial charge < -0.3 is 0 Å². The molecule has 0 N–H and O–H groups in total. The van der Waals surface area contributed by atoms with Crippen LogP contribution in [0.2, 0.25) is 0 Å². The van der Waals surface area contributed by atoms with Gasteiger partial charge in [0.25, 0.3) is 11.4 Å². The van der Waals surface area contributed by atoms with Gasteiger partial charge in [0.05, 0.1) is 21.0 Å². The number of benzene rings is 4. The molecule has 0 saturated heterocycles. The Labute approximate surface area is 300 Å². The summed E-state index contributed by atoms with van der Waals surface area (Å²) in [5.74, 6) is 0.113. The van der Waals surface area contributed by atoms with Gasteiger partial charge in [0, 0.05) is 46.5 Å². The number of nitro benzene ring substituents is 2. The zero-order valence-electron chi connectivity index (χ0n) is 24.5. The van der Waals surface area contributed by atoms with E-state index in [-0.39, 0.29) is 59.3 Å². The largest absolute Gasteiger partial charge is 0.416 e. The third-order valence-corrected chi connectivity index (χ3v) is 6.82. The molecule has 0 spiro atoms. The Morgan fingerprint density at radius 2 is 0.962 bits per heavy atom. The summed E-state index contributed by atoms with van der Waals surface area (Å²) in [4.78, 5) is 20.3. The van der Waals surface area contributed by atoms with Crippen LogP contribution in [0.3, 0.4) is 0 Å². The molecule has 0 radical (unpaired) electrons. The lowest BCUT2D eigenvalue weighted by atomic mass is 10.1.